The summed E-state index contributed by atoms with van der Waals surface area (Å²) >= 11 is 5.97. The maximum Gasteiger partial charge on any atom is 0.344 e. The Morgan fingerprint density at radius 1 is 0.906 bits per heavy atom. The SMILES string of the molecule is O=c1oc2c(CN3CCN(c4ccccc4)CC3)c(O)ccc2cc1-c1ccc(Cl)cc1. The van der Waals surface area contributed by atoms with E-state index in [1.807, 2.05) is 12.1 Å². The highest BCUT2D eigenvalue weighted by Crippen LogP contribution is 2.31. The number of phenolic OH excluding ortho intramolecular Hbond substituents is 1. The molecule has 1 aliphatic rings. The fourth-order valence-electron chi connectivity index (χ4n) is 4.24. The van der Waals surface area contributed by atoms with Crippen LogP contribution in [0, 0.1) is 0 Å². The highest BCUT2D eigenvalue weighted by molar-refractivity contribution is 6.30. The molecule has 0 spiro atoms. The lowest BCUT2D eigenvalue weighted by Crippen LogP contribution is -2.46. The summed E-state index contributed by atoms with van der Waals surface area (Å²) in [7, 11) is 0. The summed E-state index contributed by atoms with van der Waals surface area (Å²) in [5, 5.41) is 12.0. The van der Waals surface area contributed by atoms with Gasteiger partial charge in [0.2, 0.25) is 0 Å². The molecule has 3 aromatic carbocycles. The molecule has 4 aromatic rings. The van der Waals surface area contributed by atoms with Crippen molar-refractivity contribution in [2.45, 2.75) is 6.54 Å². The quantitative estimate of drug-likeness (QED) is 0.440. The Bertz CT molecular complexity index is 1290. The topological polar surface area (TPSA) is 56.9 Å². The molecular weight excluding hydrogens is 424 g/mol. The van der Waals surface area contributed by atoms with Gasteiger partial charge in [-0.2, -0.15) is 0 Å². The zero-order valence-electron chi connectivity index (χ0n) is 17.5. The molecule has 0 amide bonds. The van der Waals surface area contributed by atoms with Crippen molar-refractivity contribution in [3.63, 3.8) is 0 Å². The van der Waals surface area contributed by atoms with Crippen LogP contribution < -0.4 is 10.5 Å². The van der Waals surface area contributed by atoms with Crippen LogP contribution in [-0.2, 0) is 6.54 Å². The lowest BCUT2D eigenvalue weighted by molar-refractivity contribution is 0.246. The van der Waals surface area contributed by atoms with Crippen LogP contribution in [0.5, 0.6) is 5.75 Å². The molecule has 6 heteroatoms. The van der Waals surface area contributed by atoms with Crippen LogP contribution in [0.1, 0.15) is 5.56 Å². The van der Waals surface area contributed by atoms with E-state index in [1.54, 1.807) is 36.4 Å². The van der Waals surface area contributed by atoms with E-state index < -0.39 is 5.63 Å². The molecule has 2 heterocycles. The number of anilines is 1. The minimum absolute atomic E-state index is 0.144. The largest absolute Gasteiger partial charge is 0.507 e. The van der Waals surface area contributed by atoms with Gasteiger partial charge in [-0.1, -0.05) is 41.9 Å². The third-order valence-electron chi connectivity index (χ3n) is 6.01. The Balaban J connectivity index is 1.41. The van der Waals surface area contributed by atoms with Crippen LogP contribution >= 0.6 is 11.6 Å². The van der Waals surface area contributed by atoms with Gasteiger partial charge in [0.15, 0.2) is 0 Å². The minimum atomic E-state index is -0.430. The van der Waals surface area contributed by atoms with Crippen LogP contribution in [0.4, 0.5) is 5.69 Å². The molecule has 5 nitrogen and oxygen atoms in total. The number of benzene rings is 3. The van der Waals surface area contributed by atoms with Gasteiger partial charge in [0, 0.05) is 48.8 Å². The summed E-state index contributed by atoms with van der Waals surface area (Å²) in [5.41, 5.74) is 3.11. The molecule has 0 bridgehead atoms. The lowest BCUT2D eigenvalue weighted by Gasteiger charge is -2.36. The van der Waals surface area contributed by atoms with E-state index in [0.717, 1.165) is 37.1 Å². The zero-order chi connectivity index (χ0) is 22.1. The Hall–Kier alpha value is -3.28. The van der Waals surface area contributed by atoms with Crippen molar-refractivity contribution < 1.29 is 9.52 Å². The summed E-state index contributed by atoms with van der Waals surface area (Å²) in [6.45, 7) is 4.05. The van der Waals surface area contributed by atoms with Gasteiger partial charge in [-0.25, -0.2) is 4.79 Å². The van der Waals surface area contributed by atoms with Gasteiger partial charge >= 0.3 is 5.63 Å². The van der Waals surface area contributed by atoms with E-state index >= 15 is 0 Å². The van der Waals surface area contributed by atoms with E-state index in [0.29, 0.717) is 28.3 Å². The zero-order valence-corrected chi connectivity index (χ0v) is 18.3. The summed E-state index contributed by atoms with van der Waals surface area (Å²) in [5.74, 6) is 0.144. The van der Waals surface area contributed by atoms with Crippen molar-refractivity contribution in [2.75, 3.05) is 31.1 Å². The highest BCUT2D eigenvalue weighted by atomic mass is 35.5. The first kappa shape index (κ1) is 20.6. The molecule has 0 radical (unpaired) electrons. The molecule has 5 rings (SSSR count). The summed E-state index contributed by atoms with van der Waals surface area (Å²) in [6.07, 6.45) is 0. The third kappa shape index (κ3) is 4.09. The molecule has 0 saturated carbocycles. The molecule has 1 aromatic heterocycles. The number of aromatic hydroxyl groups is 1. The Labute approximate surface area is 191 Å². The van der Waals surface area contributed by atoms with E-state index in [-0.39, 0.29) is 5.75 Å². The van der Waals surface area contributed by atoms with Crippen LogP contribution in [-0.4, -0.2) is 36.2 Å². The second-order valence-electron chi connectivity index (χ2n) is 8.03. The molecule has 162 valence electrons. The number of para-hydroxylation sites is 1. The minimum Gasteiger partial charge on any atom is -0.507 e. The van der Waals surface area contributed by atoms with Crippen LogP contribution in [0.15, 0.2) is 82.0 Å². The first-order chi connectivity index (χ1) is 15.6. The summed E-state index contributed by atoms with van der Waals surface area (Å²) in [4.78, 5) is 17.4. The first-order valence-corrected chi connectivity index (χ1v) is 11.0. The monoisotopic (exact) mass is 446 g/mol. The number of hydrogen-bond donors (Lipinski definition) is 1. The molecule has 0 aliphatic carbocycles. The Kier molecular flexibility index (Phi) is 5.60. The average Bonchev–Trinajstić information content (AvgIpc) is 2.82. The number of piperazine rings is 1. The van der Waals surface area contributed by atoms with Crippen LogP contribution in [0.25, 0.3) is 22.1 Å². The van der Waals surface area contributed by atoms with E-state index in [9.17, 15) is 9.90 Å². The molecule has 0 atom stereocenters. The highest BCUT2D eigenvalue weighted by Gasteiger charge is 2.21. The normalized spacial score (nSPS) is 14.7. The molecule has 1 saturated heterocycles. The van der Waals surface area contributed by atoms with Crippen molar-refractivity contribution in [2.24, 2.45) is 0 Å². The number of phenols is 1. The van der Waals surface area contributed by atoms with E-state index in [4.69, 9.17) is 16.0 Å². The molecule has 1 fully saturated rings. The van der Waals surface area contributed by atoms with Crippen molar-refractivity contribution >= 4 is 28.3 Å². The Morgan fingerprint density at radius 2 is 1.62 bits per heavy atom. The van der Waals surface area contributed by atoms with Gasteiger partial charge in [0.05, 0.1) is 11.1 Å². The van der Waals surface area contributed by atoms with Gasteiger partial charge in [0.25, 0.3) is 0 Å². The molecule has 0 unspecified atom stereocenters. The van der Waals surface area contributed by atoms with Crippen LogP contribution in [0.3, 0.4) is 0 Å². The van der Waals surface area contributed by atoms with Gasteiger partial charge in [-0.3, -0.25) is 4.90 Å². The predicted molar refractivity (Wildman–Crippen MR) is 129 cm³/mol. The molecule has 1 N–H and O–H groups in total. The second kappa shape index (κ2) is 8.69. The Morgan fingerprint density at radius 3 is 2.34 bits per heavy atom. The van der Waals surface area contributed by atoms with E-state index in [1.165, 1.54) is 5.69 Å². The number of hydrogen-bond acceptors (Lipinski definition) is 5. The summed E-state index contributed by atoms with van der Waals surface area (Å²) < 4.78 is 5.74. The van der Waals surface area contributed by atoms with Crippen molar-refractivity contribution in [1.29, 1.82) is 0 Å². The number of halogens is 1. The lowest BCUT2D eigenvalue weighted by atomic mass is 10.0. The maximum atomic E-state index is 12.8. The maximum absolute atomic E-state index is 12.8. The number of nitrogens with zero attached hydrogens (tertiary/aromatic N) is 2. The average molecular weight is 447 g/mol. The second-order valence-corrected chi connectivity index (χ2v) is 8.47. The predicted octanol–water partition coefficient (Wildman–Crippen LogP) is 5.14. The summed E-state index contributed by atoms with van der Waals surface area (Å²) in [6, 6.07) is 22.7. The van der Waals surface area contributed by atoms with Gasteiger partial charge in [0.1, 0.15) is 11.3 Å². The van der Waals surface area contributed by atoms with Crippen molar-refractivity contribution in [3.8, 4) is 16.9 Å². The van der Waals surface area contributed by atoms with Gasteiger partial charge in [-0.05, 0) is 48.0 Å². The van der Waals surface area contributed by atoms with Crippen molar-refractivity contribution in [1.82, 2.24) is 4.90 Å². The number of rotatable bonds is 4. The third-order valence-corrected chi connectivity index (χ3v) is 6.26. The van der Waals surface area contributed by atoms with Gasteiger partial charge in [-0.15, -0.1) is 0 Å². The smallest absolute Gasteiger partial charge is 0.344 e. The standard InChI is InChI=1S/C26H23ClN2O3/c27-20-9-6-18(7-10-20)22-16-19-8-11-24(30)23(25(19)32-26(22)31)17-28-12-14-29(15-13-28)21-4-2-1-3-5-21/h1-11,16,30H,12-15,17H2. The fraction of sp³-hybridized carbons (Fsp3) is 0.192. The molecule has 1 aliphatic heterocycles. The number of fused-ring (bicyclic) bond motifs is 1. The molecule has 32 heavy (non-hydrogen) atoms. The first-order valence-electron chi connectivity index (χ1n) is 10.7. The molecular formula is C26H23ClN2O3. The fourth-order valence-corrected chi connectivity index (χ4v) is 4.37. The van der Waals surface area contributed by atoms with Crippen LogP contribution in [0.2, 0.25) is 5.02 Å². The van der Waals surface area contributed by atoms with E-state index in [2.05, 4.69) is 34.1 Å². The van der Waals surface area contributed by atoms with Crippen molar-refractivity contribution in [3.05, 3.63) is 93.8 Å². The van der Waals surface area contributed by atoms with Gasteiger partial charge < -0.3 is 14.4 Å².